The second-order valence-corrected chi connectivity index (χ2v) is 9.98. The van der Waals surface area contributed by atoms with E-state index in [0.29, 0.717) is 25.2 Å². The van der Waals surface area contributed by atoms with Crippen molar-refractivity contribution in [1.82, 2.24) is 0 Å². The number of ether oxygens (including phenoxy) is 4. The molecule has 35 heavy (non-hydrogen) atoms. The van der Waals surface area contributed by atoms with E-state index in [2.05, 4.69) is 32.9 Å². The maximum Gasteiger partial charge on any atom is 0.317 e. The van der Waals surface area contributed by atoms with Gasteiger partial charge >= 0.3 is 17.9 Å². The molecule has 0 spiro atoms. The van der Waals surface area contributed by atoms with Crippen LogP contribution in [0, 0.1) is 11.3 Å². The predicted molar refractivity (Wildman–Crippen MR) is 138 cm³/mol. The van der Waals surface area contributed by atoms with Crippen molar-refractivity contribution >= 4 is 17.9 Å². The third kappa shape index (κ3) is 18.1. The van der Waals surface area contributed by atoms with Crippen LogP contribution in [0.25, 0.3) is 0 Å². The highest BCUT2D eigenvalue weighted by Crippen LogP contribution is 2.21. The highest BCUT2D eigenvalue weighted by molar-refractivity contribution is 5.77. The molecule has 0 aromatic heterocycles. The Kier molecular flexibility index (Phi) is 19.2. The first-order valence-corrected chi connectivity index (χ1v) is 13.3. The summed E-state index contributed by atoms with van der Waals surface area (Å²) in [4.78, 5) is 35.8. The molecule has 0 amide bonds. The smallest absolute Gasteiger partial charge is 0.317 e. The number of hydrogen-bond acceptors (Lipinski definition) is 7. The van der Waals surface area contributed by atoms with Gasteiger partial charge in [-0.25, -0.2) is 0 Å². The molecule has 0 bridgehead atoms. The lowest BCUT2D eigenvalue weighted by Crippen LogP contribution is -2.39. The minimum atomic E-state index is -1.04. The SMILES string of the molecule is CC/C=C\CCCCCC(CC(C)C)OC(=O)CCCCCOC(=O)C(C)(COC)COC(C)=O. The van der Waals surface area contributed by atoms with Crippen LogP contribution in [0.5, 0.6) is 0 Å². The van der Waals surface area contributed by atoms with Crippen LogP contribution in [-0.2, 0) is 33.3 Å². The molecule has 0 fully saturated rings. The molecule has 0 aromatic rings. The van der Waals surface area contributed by atoms with Crippen molar-refractivity contribution in [2.24, 2.45) is 11.3 Å². The summed E-state index contributed by atoms with van der Waals surface area (Å²) >= 11 is 0. The highest BCUT2D eigenvalue weighted by Gasteiger charge is 2.36. The standard InChI is InChI=1S/C28H50O7/c1-7-8-9-10-11-12-14-17-25(20-23(2)3)35-26(30)18-15-13-16-19-33-27(31)28(5,21-32-6)22-34-24(4)29/h8-9,23,25H,7,10-22H2,1-6H3/b9-8-. The zero-order valence-electron chi connectivity index (χ0n) is 23.1. The van der Waals surface area contributed by atoms with Crippen molar-refractivity contribution < 1.29 is 33.3 Å². The fraction of sp³-hybridized carbons (Fsp3) is 0.821. The van der Waals surface area contributed by atoms with E-state index in [1.807, 2.05) is 0 Å². The van der Waals surface area contributed by atoms with Crippen LogP contribution in [0.1, 0.15) is 105 Å². The lowest BCUT2D eigenvalue weighted by molar-refractivity contribution is -0.166. The molecule has 0 saturated carbocycles. The summed E-state index contributed by atoms with van der Waals surface area (Å²) in [5, 5.41) is 0. The van der Waals surface area contributed by atoms with Crippen LogP contribution < -0.4 is 0 Å². The molecule has 0 aliphatic heterocycles. The minimum Gasteiger partial charge on any atom is -0.465 e. The zero-order chi connectivity index (χ0) is 26.5. The van der Waals surface area contributed by atoms with E-state index >= 15 is 0 Å². The van der Waals surface area contributed by atoms with E-state index in [1.165, 1.54) is 20.5 Å². The Balaban J connectivity index is 4.20. The Morgan fingerprint density at radius 1 is 0.914 bits per heavy atom. The van der Waals surface area contributed by atoms with Gasteiger partial charge in [0.1, 0.15) is 18.1 Å². The monoisotopic (exact) mass is 498 g/mol. The molecule has 0 rings (SSSR count). The first-order valence-electron chi connectivity index (χ1n) is 13.3. The Morgan fingerprint density at radius 3 is 2.26 bits per heavy atom. The minimum absolute atomic E-state index is 0.00896. The van der Waals surface area contributed by atoms with Gasteiger partial charge in [-0.05, 0) is 70.6 Å². The van der Waals surface area contributed by atoms with Crippen molar-refractivity contribution in [3.8, 4) is 0 Å². The number of hydrogen-bond donors (Lipinski definition) is 0. The first-order chi connectivity index (χ1) is 16.6. The average molecular weight is 499 g/mol. The van der Waals surface area contributed by atoms with E-state index in [0.717, 1.165) is 44.9 Å². The number of carbonyl (C=O) groups excluding carboxylic acids is 3. The van der Waals surface area contributed by atoms with Gasteiger partial charge in [0.05, 0.1) is 13.2 Å². The van der Waals surface area contributed by atoms with Gasteiger partial charge in [-0.2, -0.15) is 0 Å². The molecule has 0 radical (unpaired) electrons. The van der Waals surface area contributed by atoms with Gasteiger partial charge in [-0.15, -0.1) is 0 Å². The fourth-order valence-corrected chi connectivity index (χ4v) is 3.72. The van der Waals surface area contributed by atoms with Gasteiger partial charge in [0.25, 0.3) is 0 Å². The summed E-state index contributed by atoms with van der Waals surface area (Å²) in [6.45, 7) is 9.65. The van der Waals surface area contributed by atoms with Crippen molar-refractivity contribution in [2.75, 3.05) is 26.9 Å². The van der Waals surface area contributed by atoms with Crippen LogP contribution in [0.3, 0.4) is 0 Å². The Bertz CT molecular complexity index is 614. The summed E-state index contributed by atoms with van der Waals surface area (Å²) in [6.07, 6.45) is 14.3. The summed E-state index contributed by atoms with van der Waals surface area (Å²) in [5.41, 5.74) is -1.04. The topological polar surface area (TPSA) is 88.1 Å². The van der Waals surface area contributed by atoms with Crippen molar-refractivity contribution in [1.29, 1.82) is 0 Å². The zero-order valence-corrected chi connectivity index (χ0v) is 23.1. The van der Waals surface area contributed by atoms with Crippen molar-refractivity contribution in [3.63, 3.8) is 0 Å². The van der Waals surface area contributed by atoms with Crippen molar-refractivity contribution in [3.05, 3.63) is 12.2 Å². The molecule has 0 N–H and O–H groups in total. The molecule has 0 heterocycles. The van der Waals surface area contributed by atoms with Gasteiger partial charge in [-0.3, -0.25) is 14.4 Å². The third-order valence-electron chi connectivity index (χ3n) is 5.64. The quantitative estimate of drug-likeness (QED) is 0.0808. The van der Waals surface area contributed by atoms with E-state index in [1.54, 1.807) is 6.92 Å². The first kappa shape index (κ1) is 33.1. The number of methoxy groups -OCH3 is 1. The molecular formula is C28H50O7. The molecule has 0 aliphatic rings. The summed E-state index contributed by atoms with van der Waals surface area (Å²) in [7, 11) is 1.48. The van der Waals surface area contributed by atoms with Crippen LogP contribution in [0.2, 0.25) is 0 Å². The second-order valence-electron chi connectivity index (χ2n) is 9.98. The normalized spacial score (nSPS) is 14.0. The summed E-state index contributed by atoms with van der Waals surface area (Å²) in [6, 6.07) is 0. The molecule has 2 unspecified atom stereocenters. The number of rotatable bonds is 21. The number of allylic oxidation sites excluding steroid dienone is 2. The Hall–Kier alpha value is -1.89. The number of carbonyl (C=O) groups is 3. The van der Waals surface area contributed by atoms with E-state index in [9.17, 15) is 14.4 Å². The van der Waals surface area contributed by atoms with Gasteiger partial charge in [0.2, 0.25) is 0 Å². The van der Waals surface area contributed by atoms with Gasteiger partial charge in [0, 0.05) is 20.5 Å². The third-order valence-corrected chi connectivity index (χ3v) is 5.64. The van der Waals surface area contributed by atoms with Crippen molar-refractivity contribution in [2.45, 2.75) is 111 Å². The molecule has 7 nitrogen and oxygen atoms in total. The van der Waals surface area contributed by atoms with Gasteiger partial charge < -0.3 is 18.9 Å². The Morgan fingerprint density at radius 2 is 1.63 bits per heavy atom. The fourth-order valence-electron chi connectivity index (χ4n) is 3.72. The van der Waals surface area contributed by atoms with Crippen LogP contribution in [0.4, 0.5) is 0 Å². The largest absolute Gasteiger partial charge is 0.465 e. The van der Waals surface area contributed by atoms with Crippen LogP contribution in [-0.4, -0.2) is 50.9 Å². The molecule has 204 valence electrons. The van der Waals surface area contributed by atoms with Crippen LogP contribution >= 0.6 is 0 Å². The van der Waals surface area contributed by atoms with Gasteiger partial charge in [-0.1, -0.05) is 39.3 Å². The van der Waals surface area contributed by atoms with E-state index < -0.39 is 17.4 Å². The van der Waals surface area contributed by atoms with E-state index in [-0.39, 0.29) is 31.9 Å². The molecular weight excluding hydrogens is 448 g/mol. The predicted octanol–water partition coefficient (Wildman–Crippen LogP) is 6.18. The highest BCUT2D eigenvalue weighted by atomic mass is 16.6. The maximum absolute atomic E-state index is 12.4. The lowest BCUT2D eigenvalue weighted by Gasteiger charge is -2.25. The number of esters is 3. The maximum atomic E-state index is 12.4. The second kappa shape index (κ2) is 20.3. The molecule has 7 heteroatoms. The van der Waals surface area contributed by atoms with E-state index in [4.69, 9.17) is 18.9 Å². The lowest BCUT2D eigenvalue weighted by atomic mass is 9.93. The summed E-state index contributed by atoms with van der Waals surface area (Å²) in [5.74, 6) is -0.576. The van der Waals surface area contributed by atoms with Gasteiger partial charge in [0.15, 0.2) is 0 Å². The Labute approximate surface area is 213 Å². The molecule has 0 aromatic carbocycles. The average Bonchev–Trinajstić information content (AvgIpc) is 2.78. The molecule has 0 saturated heterocycles. The van der Waals surface area contributed by atoms with Crippen LogP contribution in [0.15, 0.2) is 12.2 Å². The molecule has 2 atom stereocenters. The molecule has 0 aliphatic carbocycles. The number of unbranched alkanes of at least 4 members (excludes halogenated alkanes) is 5. The summed E-state index contributed by atoms with van der Waals surface area (Å²) < 4.78 is 21.2.